The number of nitrogens with two attached hydrogens (primary N) is 1. The summed E-state index contributed by atoms with van der Waals surface area (Å²) in [4.78, 5) is 4.32. The van der Waals surface area contributed by atoms with E-state index in [2.05, 4.69) is 31.2 Å². The number of pyridine rings is 1. The van der Waals surface area contributed by atoms with Gasteiger partial charge in [0.15, 0.2) is 17.2 Å². The molecule has 0 spiro atoms. The lowest BCUT2D eigenvalue weighted by atomic mass is 9.96. The van der Waals surface area contributed by atoms with E-state index in [0.717, 1.165) is 22.2 Å². The number of aromatic nitrogens is 5. The molecule has 0 aliphatic heterocycles. The van der Waals surface area contributed by atoms with Gasteiger partial charge in [0.25, 0.3) is 0 Å². The first-order valence-electron chi connectivity index (χ1n) is 9.02. The number of H-pyrrole nitrogens is 1. The quantitative estimate of drug-likeness (QED) is 0.579. The summed E-state index contributed by atoms with van der Waals surface area (Å²) in [5.41, 5.74) is 9.46. The van der Waals surface area contributed by atoms with E-state index in [1.165, 1.54) is 32.1 Å². The molecular weight excluding hydrogens is 328 g/mol. The third kappa shape index (κ3) is 2.47. The van der Waals surface area contributed by atoms with Crippen LogP contribution in [0.2, 0.25) is 0 Å². The van der Waals surface area contributed by atoms with Crippen LogP contribution in [-0.2, 0) is 0 Å². The predicted molar refractivity (Wildman–Crippen MR) is 99.3 cm³/mol. The van der Waals surface area contributed by atoms with Crippen LogP contribution in [0.1, 0.15) is 38.1 Å². The highest BCUT2D eigenvalue weighted by molar-refractivity contribution is 5.99. The number of nitrogen functional groups attached to an aromatic ring is 1. The van der Waals surface area contributed by atoms with Gasteiger partial charge in [0.2, 0.25) is 0 Å². The van der Waals surface area contributed by atoms with Gasteiger partial charge in [-0.3, -0.25) is 9.78 Å². The first-order chi connectivity index (χ1) is 12.8. The average molecular weight is 348 g/mol. The van der Waals surface area contributed by atoms with E-state index in [9.17, 15) is 0 Å². The van der Waals surface area contributed by atoms with Crippen molar-refractivity contribution in [3.8, 4) is 22.6 Å². The van der Waals surface area contributed by atoms with E-state index < -0.39 is 0 Å². The Kier molecular flexibility index (Phi) is 3.51. The molecule has 4 aromatic rings. The number of aromatic amines is 1. The standard InChI is InChI=1S/C19H20N6O/c20-19-18-14(8-17(26-18)16-6-7-22-24-16)15(10-21-19)12-9-23-25(11-12)13-4-2-1-3-5-13/h6-11,13H,1-5H2,(H2,20,21)(H,22,24). The van der Waals surface area contributed by atoms with E-state index >= 15 is 0 Å². The number of anilines is 1. The van der Waals surface area contributed by atoms with Crippen LogP contribution in [-0.4, -0.2) is 25.0 Å². The number of nitrogens with zero attached hydrogens (tertiary/aromatic N) is 4. The number of fused-ring (bicyclic) bond motifs is 1. The molecule has 1 aliphatic rings. The van der Waals surface area contributed by atoms with E-state index in [1.54, 1.807) is 12.4 Å². The number of hydrogen-bond acceptors (Lipinski definition) is 5. The molecule has 1 saturated carbocycles. The van der Waals surface area contributed by atoms with E-state index in [1.807, 2.05) is 18.3 Å². The van der Waals surface area contributed by atoms with Crippen molar-refractivity contribution >= 4 is 16.8 Å². The Labute approximate surface area is 150 Å². The molecule has 132 valence electrons. The Hall–Kier alpha value is -3.09. The van der Waals surface area contributed by atoms with Gasteiger partial charge in [-0.1, -0.05) is 19.3 Å². The fourth-order valence-electron chi connectivity index (χ4n) is 3.82. The molecule has 0 unspecified atom stereocenters. The van der Waals surface area contributed by atoms with Crippen molar-refractivity contribution < 1.29 is 4.42 Å². The molecule has 5 rings (SSSR count). The van der Waals surface area contributed by atoms with Gasteiger partial charge in [0.05, 0.1) is 12.2 Å². The molecule has 4 aromatic heterocycles. The summed E-state index contributed by atoms with van der Waals surface area (Å²) >= 11 is 0. The largest absolute Gasteiger partial charge is 0.451 e. The molecule has 26 heavy (non-hydrogen) atoms. The Bertz CT molecular complexity index is 1040. The number of rotatable bonds is 3. The van der Waals surface area contributed by atoms with Crippen LogP contribution < -0.4 is 5.73 Å². The smallest absolute Gasteiger partial charge is 0.177 e. The van der Waals surface area contributed by atoms with Crippen molar-refractivity contribution in [3.63, 3.8) is 0 Å². The summed E-state index contributed by atoms with van der Waals surface area (Å²) in [6.45, 7) is 0. The third-order valence-corrected chi connectivity index (χ3v) is 5.22. The molecule has 7 nitrogen and oxygen atoms in total. The van der Waals surface area contributed by atoms with E-state index in [4.69, 9.17) is 10.2 Å². The number of furan rings is 1. The molecule has 1 fully saturated rings. The van der Waals surface area contributed by atoms with Gasteiger partial charge < -0.3 is 10.2 Å². The summed E-state index contributed by atoms with van der Waals surface area (Å²) in [6, 6.07) is 4.34. The number of nitrogens with one attached hydrogen (secondary N) is 1. The Morgan fingerprint density at radius 1 is 1.19 bits per heavy atom. The van der Waals surface area contributed by atoms with Crippen LogP contribution in [0.3, 0.4) is 0 Å². The zero-order valence-electron chi connectivity index (χ0n) is 14.4. The monoisotopic (exact) mass is 348 g/mol. The van der Waals surface area contributed by atoms with Gasteiger partial charge in [-0.05, 0) is 25.0 Å². The van der Waals surface area contributed by atoms with Gasteiger partial charge >= 0.3 is 0 Å². The molecule has 0 radical (unpaired) electrons. The SMILES string of the molecule is Nc1ncc(-c2cnn(C3CCCCC3)c2)c2cc(-c3ccn[nH]3)oc12. The molecule has 4 heterocycles. The minimum atomic E-state index is 0.384. The first kappa shape index (κ1) is 15.2. The van der Waals surface area contributed by atoms with Crippen LogP contribution in [0.25, 0.3) is 33.6 Å². The maximum atomic E-state index is 6.04. The van der Waals surface area contributed by atoms with Crippen LogP contribution in [0.4, 0.5) is 5.82 Å². The second-order valence-electron chi connectivity index (χ2n) is 6.88. The van der Waals surface area contributed by atoms with E-state index in [0.29, 0.717) is 23.2 Å². The van der Waals surface area contributed by atoms with Gasteiger partial charge in [0, 0.05) is 35.1 Å². The molecule has 0 bridgehead atoms. The highest BCUT2D eigenvalue weighted by Gasteiger charge is 2.19. The maximum Gasteiger partial charge on any atom is 0.177 e. The van der Waals surface area contributed by atoms with Crippen LogP contribution >= 0.6 is 0 Å². The molecule has 0 saturated heterocycles. The fraction of sp³-hybridized carbons (Fsp3) is 0.316. The molecule has 3 N–H and O–H groups in total. The van der Waals surface area contributed by atoms with Crippen molar-refractivity contribution in [3.05, 3.63) is 36.9 Å². The zero-order chi connectivity index (χ0) is 17.5. The van der Waals surface area contributed by atoms with Crippen molar-refractivity contribution in [1.29, 1.82) is 0 Å². The number of hydrogen-bond donors (Lipinski definition) is 2. The van der Waals surface area contributed by atoms with Crippen LogP contribution in [0.15, 0.2) is 41.3 Å². The summed E-state index contributed by atoms with van der Waals surface area (Å²) in [5.74, 6) is 1.08. The second kappa shape index (κ2) is 6.01. The van der Waals surface area contributed by atoms with Gasteiger partial charge in [-0.25, -0.2) is 4.98 Å². The third-order valence-electron chi connectivity index (χ3n) is 5.22. The topological polar surface area (TPSA) is 98.5 Å². The lowest BCUT2D eigenvalue weighted by Crippen LogP contribution is -2.12. The Morgan fingerprint density at radius 2 is 2.08 bits per heavy atom. The highest BCUT2D eigenvalue weighted by atomic mass is 16.3. The van der Waals surface area contributed by atoms with Crippen LogP contribution in [0.5, 0.6) is 0 Å². The lowest BCUT2D eigenvalue weighted by molar-refractivity contribution is 0.329. The molecule has 0 aromatic carbocycles. The van der Waals surface area contributed by atoms with Crippen molar-refractivity contribution in [2.75, 3.05) is 5.73 Å². The van der Waals surface area contributed by atoms with E-state index in [-0.39, 0.29) is 0 Å². The second-order valence-corrected chi connectivity index (χ2v) is 6.88. The van der Waals surface area contributed by atoms with Crippen molar-refractivity contribution in [1.82, 2.24) is 25.0 Å². The molecule has 0 atom stereocenters. The minimum Gasteiger partial charge on any atom is -0.451 e. The highest BCUT2D eigenvalue weighted by Crippen LogP contribution is 2.36. The molecule has 7 heteroatoms. The van der Waals surface area contributed by atoms with Crippen LogP contribution in [0, 0.1) is 0 Å². The zero-order valence-corrected chi connectivity index (χ0v) is 14.4. The molecule has 1 aliphatic carbocycles. The maximum absolute atomic E-state index is 6.04. The normalized spacial score (nSPS) is 15.7. The molecular formula is C19H20N6O. The van der Waals surface area contributed by atoms with Crippen molar-refractivity contribution in [2.45, 2.75) is 38.1 Å². The van der Waals surface area contributed by atoms with Gasteiger partial charge in [0.1, 0.15) is 5.69 Å². The summed E-state index contributed by atoms with van der Waals surface area (Å²) in [6.07, 6.45) is 13.8. The van der Waals surface area contributed by atoms with Crippen molar-refractivity contribution in [2.24, 2.45) is 0 Å². The molecule has 0 amide bonds. The average Bonchev–Trinajstić information content (AvgIpc) is 3.42. The first-order valence-corrected chi connectivity index (χ1v) is 9.02. The minimum absolute atomic E-state index is 0.384. The summed E-state index contributed by atoms with van der Waals surface area (Å²) in [7, 11) is 0. The lowest BCUT2D eigenvalue weighted by Gasteiger charge is -2.21. The van der Waals surface area contributed by atoms with Gasteiger partial charge in [-0.2, -0.15) is 10.2 Å². The fourth-order valence-corrected chi connectivity index (χ4v) is 3.82. The summed E-state index contributed by atoms with van der Waals surface area (Å²) < 4.78 is 8.05. The summed E-state index contributed by atoms with van der Waals surface area (Å²) in [5, 5.41) is 12.4. The predicted octanol–water partition coefficient (Wildman–Crippen LogP) is 4.17. The van der Waals surface area contributed by atoms with Gasteiger partial charge in [-0.15, -0.1) is 0 Å². The Morgan fingerprint density at radius 3 is 2.88 bits per heavy atom. The Balaban J connectivity index is 1.58.